The van der Waals surface area contributed by atoms with E-state index in [-0.39, 0.29) is 0 Å². The Bertz CT molecular complexity index is 1730. The average Bonchev–Trinajstić information content (AvgIpc) is 3.26. The Kier molecular flexibility index (Phi) is 5.29. The van der Waals surface area contributed by atoms with E-state index in [0.29, 0.717) is 0 Å². The minimum absolute atomic E-state index is 0.781. The highest BCUT2D eigenvalue weighted by molar-refractivity contribution is 8.05. The highest BCUT2D eigenvalue weighted by Crippen LogP contribution is 2.51. The molecular weight excluding hydrogens is 506 g/mol. The van der Waals surface area contributed by atoms with Crippen molar-refractivity contribution in [1.29, 1.82) is 0 Å². The molecule has 0 fully saturated rings. The van der Waals surface area contributed by atoms with Crippen LogP contribution in [-0.2, 0) is 0 Å². The summed E-state index contributed by atoms with van der Waals surface area (Å²) in [4.78, 5) is 7.36. The lowest BCUT2D eigenvalue weighted by Crippen LogP contribution is -2.10. The number of halogens is 1. The molecule has 0 bridgehead atoms. The first-order chi connectivity index (χ1) is 17.2. The number of hydrogen-bond acceptors (Lipinski definition) is 4. The van der Waals surface area contributed by atoms with Gasteiger partial charge in [-0.1, -0.05) is 71.5 Å². The molecule has 35 heavy (non-hydrogen) atoms. The number of fused-ring (bicyclic) bond motifs is 5. The molecule has 0 N–H and O–H groups in total. The van der Waals surface area contributed by atoms with Gasteiger partial charge in [0.05, 0.1) is 0 Å². The van der Waals surface area contributed by atoms with Crippen LogP contribution in [0.3, 0.4) is 0 Å². The normalized spacial score (nSPS) is 12.5. The predicted molar refractivity (Wildman–Crippen MR) is 154 cm³/mol. The van der Waals surface area contributed by atoms with E-state index < -0.39 is 0 Å². The molecule has 1 aliphatic heterocycles. The van der Waals surface area contributed by atoms with Crippen LogP contribution in [0, 0.1) is 0 Å². The van der Waals surface area contributed by atoms with Crippen LogP contribution in [0.25, 0.3) is 20.2 Å². The van der Waals surface area contributed by atoms with Crippen LogP contribution in [0.1, 0.15) is 0 Å². The minimum atomic E-state index is 0.781. The van der Waals surface area contributed by atoms with Gasteiger partial charge < -0.3 is 4.90 Å². The van der Waals surface area contributed by atoms with Crippen molar-refractivity contribution in [3.63, 3.8) is 0 Å². The molecule has 2 heterocycles. The molecule has 0 saturated carbocycles. The van der Waals surface area contributed by atoms with E-state index in [1.807, 2.05) is 29.2 Å². The summed E-state index contributed by atoms with van der Waals surface area (Å²) in [7, 11) is 0. The van der Waals surface area contributed by atoms with Crippen LogP contribution in [0.15, 0.2) is 129 Å². The van der Waals surface area contributed by atoms with Crippen molar-refractivity contribution in [3.05, 3.63) is 114 Å². The molecule has 0 unspecified atom stereocenters. The Morgan fingerprint density at radius 2 is 1.14 bits per heavy atom. The van der Waals surface area contributed by atoms with Crippen LogP contribution in [0.2, 0.25) is 5.02 Å². The van der Waals surface area contributed by atoms with Gasteiger partial charge in [0.1, 0.15) is 0 Å². The third kappa shape index (κ3) is 3.82. The fourth-order valence-electron chi connectivity index (χ4n) is 4.56. The Balaban J connectivity index is 1.37. The number of thiophene rings is 1. The molecule has 0 aliphatic carbocycles. The van der Waals surface area contributed by atoms with Crippen molar-refractivity contribution in [2.24, 2.45) is 0 Å². The van der Waals surface area contributed by atoms with Crippen molar-refractivity contribution < 1.29 is 0 Å². The largest absolute Gasteiger partial charge is 0.310 e. The zero-order valence-electron chi connectivity index (χ0n) is 18.4. The SMILES string of the molecule is Clc1ccc2c(c1)Sc1ccc(N(c3ccccc3)c3ccc4sc5ccccc5c4c3)cc1S2. The van der Waals surface area contributed by atoms with Crippen molar-refractivity contribution >= 4 is 83.7 Å². The lowest BCUT2D eigenvalue weighted by molar-refractivity contribution is 1.14. The zero-order valence-corrected chi connectivity index (χ0v) is 21.6. The van der Waals surface area contributed by atoms with E-state index in [2.05, 4.69) is 108 Å². The van der Waals surface area contributed by atoms with Crippen molar-refractivity contribution in [2.75, 3.05) is 4.90 Å². The van der Waals surface area contributed by atoms with Crippen molar-refractivity contribution in [1.82, 2.24) is 0 Å². The smallest absolute Gasteiger partial charge is 0.0473 e. The van der Waals surface area contributed by atoms with Crippen LogP contribution in [0.5, 0.6) is 0 Å². The lowest BCUT2D eigenvalue weighted by Gasteiger charge is -2.27. The number of nitrogens with zero attached hydrogens (tertiary/aromatic N) is 1. The molecule has 0 saturated heterocycles. The summed E-state index contributed by atoms with van der Waals surface area (Å²) in [5.74, 6) is 0. The number of anilines is 3. The second kappa shape index (κ2) is 8.65. The summed E-state index contributed by atoms with van der Waals surface area (Å²) in [6.07, 6.45) is 0. The molecule has 1 nitrogen and oxygen atoms in total. The summed E-state index contributed by atoms with van der Waals surface area (Å²) in [5.41, 5.74) is 3.46. The summed E-state index contributed by atoms with van der Waals surface area (Å²) in [5, 5.41) is 3.40. The van der Waals surface area contributed by atoms with E-state index in [0.717, 1.165) is 22.1 Å². The fourth-order valence-corrected chi connectivity index (χ4v) is 8.15. The molecule has 0 amide bonds. The highest BCUT2D eigenvalue weighted by atomic mass is 35.5. The quantitative estimate of drug-likeness (QED) is 0.227. The number of rotatable bonds is 3. The Morgan fingerprint density at radius 1 is 0.486 bits per heavy atom. The van der Waals surface area contributed by atoms with Gasteiger partial charge in [-0.15, -0.1) is 11.3 Å². The maximum absolute atomic E-state index is 6.25. The fraction of sp³-hybridized carbons (Fsp3) is 0. The summed E-state index contributed by atoms with van der Waals surface area (Å²) >= 11 is 11.7. The third-order valence-corrected chi connectivity index (χ3v) is 10.1. The van der Waals surface area contributed by atoms with E-state index >= 15 is 0 Å². The van der Waals surface area contributed by atoms with Gasteiger partial charge in [0.15, 0.2) is 0 Å². The Morgan fingerprint density at radius 3 is 2.00 bits per heavy atom. The molecule has 0 atom stereocenters. The number of hydrogen-bond donors (Lipinski definition) is 0. The van der Waals surface area contributed by atoms with Crippen molar-refractivity contribution in [3.8, 4) is 0 Å². The number of para-hydroxylation sites is 1. The molecule has 0 radical (unpaired) electrons. The third-order valence-electron chi connectivity index (χ3n) is 6.16. The second-order valence-corrected chi connectivity index (χ2v) is 12.1. The maximum Gasteiger partial charge on any atom is 0.0473 e. The van der Waals surface area contributed by atoms with Gasteiger partial charge in [0.2, 0.25) is 0 Å². The van der Waals surface area contributed by atoms with Gasteiger partial charge in [-0.2, -0.15) is 0 Å². The van der Waals surface area contributed by atoms with Crippen LogP contribution < -0.4 is 4.90 Å². The van der Waals surface area contributed by atoms with Gasteiger partial charge >= 0.3 is 0 Å². The molecular formula is C30H18ClNS3. The molecule has 5 aromatic carbocycles. The van der Waals surface area contributed by atoms with E-state index in [1.165, 1.54) is 39.8 Å². The van der Waals surface area contributed by atoms with Gasteiger partial charge in [0, 0.05) is 61.8 Å². The standard InChI is InChI=1S/C30H18ClNS3/c31-19-10-13-27-29(16-19)34-28-15-12-22(18-30(28)35-27)32(20-6-2-1-3-7-20)21-11-14-26-24(17-21)23-8-4-5-9-25(23)33-26/h1-18H. The second-order valence-electron chi connectivity index (χ2n) is 8.38. The van der Waals surface area contributed by atoms with E-state index in [9.17, 15) is 0 Å². The molecule has 168 valence electrons. The predicted octanol–water partition coefficient (Wildman–Crippen LogP) is 10.8. The summed E-state index contributed by atoms with van der Waals surface area (Å²) in [6, 6.07) is 39.0. The lowest BCUT2D eigenvalue weighted by atomic mass is 10.1. The molecule has 5 heteroatoms. The molecule has 6 aromatic rings. The zero-order chi connectivity index (χ0) is 23.4. The summed E-state index contributed by atoms with van der Waals surface area (Å²) < 4.78 is 2.64. The van der Waals surface area contributed by atoms with Crippen LogP contribution >= 0.6 is 46.5 Å². The number of benzene rings is 5. The van der Waals surface area contributed by atoms with E-state index in [1.54, 1.807) is 11.8 Å². The molecule has 7 rings (SSSR count). The average molecular weight is 524 g/mol. The minimum Gasteiger partial charge on any atom is -0.310 e. The first-order valence-corrected chi connectivity index (χ1v) is 14.1. The first kappa shape index (κ1) is 21.4. The molecule has 0 spiro atoms. The Hall–Kier alpha value is -2.89. The summed E-state index contributed by atoms with van der Waals surface area (Å²) in [6.45, 7) is 0. The van der Waals surface area contributed by atoms with Gasteiger partial charge in [-0.25, -0.2) is 0 Å². The monoisotopic (exact) mass is 523 g/mol. The van der Waals surface area contributed by atoms with Crippen LogP contribution in [0.4, 0.5) is 17.1 Å². The van der Waals surface area contributed by atoms with Gasteiger partial charge in [-0.3, -0.25) is 0 Å². The molecule has 1 aliphatic rings. The van der Waals surface area contributed by atoms with Crippen LogP contribution in [-0.4, -0.2) is 0 Å². The molecule has 1 aromatic heterocycles. The maximum atomic E-state index is 6.25. The van der Waals surface area contributed by atoms with Gasteiger partial charge in [-0.05, 0) is 72.8 Å². The van der Waals surface area contributed by atoms with Crippen molar-refractivity contribution in [2.45, 2.75) is 19.6 Å². The van der Waals surface area contributed by atoms with Gasteiger partial charge in [0.25, 0.3) is 0 Å². The first-order valence-electron chi connectivity index (χ1n) is 11.3. The van der Waals surface area contributed by atoms with E-state index in [4.69, 9.17) is 11.6 Å². The Labute approximate surface area is 221 Å². The topological polar surface area (TPSA) is 3.24 Å². The highest BCUT2D eigenvalue weighted by Gasteiger charge is 2.21.